The number of nitrogens with zero attached hydrogens (tertiary/aromatic N) is 2. The van der Waals surface area contributed by atoms with Crippen molar-refractivity contribution in [2.45, 2.75) is 13.3 Å². The summed E-state index contributed by atoms with van der Waals surface area (Å²) in [5, 5.41) is 11.6. The molecule has 1 heterocycles. The van der Waals surface area contributed by atoms with Crippen LogP contribution in [-0.2, 0) is 0 Å². The van der Waals surface area contributed by atoms with E-state index in [2.05, 4.69) is 15.3 Å². The minimum absolute atomic E-state index is 0.0979. The smallest absolute Gasteiger partial charge is 0.225 e. The summed E-state index contributed by atoms with van der Waals surface area (Å²) in [5.41, 5.74) is 5.50. The maximum Gasteiger partial charge on any atom is 0.225 e. The summed E-state index contributed by atoms with van der Waals surface area (Å²) in [6.45, 7) is 3.23. The Morgan fingerprint density at radius 1 is 1.53 bits per heavy atom. The van der Waals surface area contributed by atoms with E-state index in [1.807, 2.05) is 6.92 Å². The van der Waals surface area contributed by atoms with E-state index in [0.29, 0.717) is 24.7 Å². The monoisotopic (exact) mass is 212 g/mol. The van der Waals surface area contributed by atoms with Crippen LogP contribution in [0, 0.1) is 0 Å². The Hall–Kier alpha value is -1.56. The maximum absolute atomic E-state index is 8.59. The molecule has 0 amide bonds. The SMILES string of the molecule is CCNc1cc(OCCCO)nc(N)n1. The lowest BCUT2D eigenvalue weighted by Gasteiger charge is -2.07. The van der Waals surface area contributed by atoms with Crippen LogP contribution in [0.25, 0.3) is 0 Å². The largest absolute Gasteiger partial charge is 0.477 e. The van der Waals surface area contributed by atoms with Crippen molar-refractivity contribution in [1.29, 1.82) is 0 Å². The van der Waals surface area contributed by atoms with Crippen molar-refractivity contribution in [2.75, 3.05) is 30.8 Å². The average Bonchev–Trinajstić information content (AvgIpc) is 2.18. The highest BCUT2D eigenvalue weighted by Crippen LogP contribution is 2.14. The van der Waals surface area contributed by atoms with Crippen LogP contribution in [0.15, 0.2) is 6.07 Å². The van der Waals surface area contributed by atoms with Crippen molar-refractivity contribution in [3.8, 4) is 5.88 Å². The Bertz CT molecular complexity index is 306. The van der Waals surface area contributed by atoms with Crippen LogP contribution in [0.1, 0.15) is 13.3 Å². The number of hydrogen-bond acceptors (Lipinski definition) is 6. The predicted octanol–water partition coefficient (Wildman–Crippen LogP) is 0.252. The van der Waals surface area contributed by atoms with E-state index in [1.165, 1.54) is 0 Å². The molecule has 1 aromatic heterocycles. The van der Waals surface area contributed by atoms with Crippen LogP contribution < -0.4 is 15.8 Å². The molecule has 0 aliphatic rings. The number of aromatic nitrogens is 2. The van der Waals surface area contributed by atoms with Gasteiger partial charge in [0.15, 0.2) is 0 Å². The van der Waals surface area contributed by atoms with Crippen LogP contribution in [0.2, 0.25) is 0 Å². The molecule has 6 nitrogen and oxygen atoms in total. The molecule has 0 aliphatic heterocycles. The van der Waals surface area contributed by atoms with Gasteiger partial charge in [0, 0.05) is 25.6 Å². The van der Waals surface area contributed by atoms with Gasteiger partial charge in [-0.1, -0.05) is 0 Å². The minimum Gasteiger partial charge on any atom is -0.477 e. The molecule has 0 saturated carbocycles. The van der Waals surface area contributed by atoms with Gasteiger partial charge in [-0.3, -0.25) is 0 Å². The van der Waals surface area contributed by atoms with Crippen LogP contribution in [0.5, 0.6) is 5.88 Å². The Morgan fingerprint density at radius 3 is 3.00 bits per heavy atom. The molecule has 0 aliphatic carbocycles. The zero-order valence-corrected chi connectivity index (χ0v) is 8.73. The Morgan fingerprint density at radius 2 is 2.33 bits per heavy atom. The minimum atomic E-state index is 0.0979. The summed E-state index contributed by atoms with van der Waals surface area (Å²) in [5.74, 6) is 1.24. The number of nitrogen functional groups attached to an aromatic ring is 1. The van der Waals surface area contributed by atoms with Gasteiger partial charge in [-0.2, -0.15) is 9.97 Å². The Balaban J connectivity index is 2.62. The summed E-state index contributed by atoms with van der Waals surface area (Å²) in [6, 6.07) is 1.68. The number of ether oxygens (including phenoxy) is 1. The van der Waals surface area contributed by atoms with Gasteiger partial charge < -0.3 is 20.9 Å². The summed E-state index contributed by atoms with van der Waals surface area (Å²) in [4.78, 5) is 7.89. The molecular formula is C9H16N4O2. The zero-order valence-electron chi connectivity index (χ0n) is 8.73. The van der Waals surface area contributed by atoms with E-state index in [9.17, 15) is 0 Å². The number of hydrogen-bond donors (Lipinski definition) is 3. The molecule has 0 fully saturated rings. The second-order valence-electron chi connectivity index (χ2n) is 2.91. The van der Waals surface area contributed by atoms with E-state index in [-0.39, 0.29) is 12.6 Å². The second-order valence-corrected chi connectivity index (χ2v) is 2.91. The number of nitrogens with two attached hydrogens (primary N) is 1. The van der Waals surface area contributed by atoms with E-state index >= 15 is 0 Å². The number of aliphatic hydroxyl groups excluding tert-OH is 1. The summed E-state index contributed by atoms with van der Waals surface area (Å²) in [7, 11) is 0. The molecule has 84 valence electrons. The average molecular weight is 212 g/mol. The topological polar surface area (TPSA) is 93.3 Å². The van der Waals surface area contributed by atoms with Crippen molar-refractivity contribution >= 4 is 11.8 Å². The lowest BCUT2D eigenvalue weighted by atomic mass is 10.5. The Labute approximate surface area is 88.5 Å². The predicted molar refractivity (Wildman–Crippen MR) is 57.8 cm³/mol. The van der Waals surface area contributed by atoms with Crippen molar-refractivity contribution in [3.05, 3.63) is 6.07 Å². The molecule has 4 N–H and O–H groups in total. The third kappa shape index (κ3) is 3.99. The highest BCUT2D eigenvalue weighted by atomic mass is 16.5. The molecule has 1 aromatic rings. The molecule has 0 saturated heterocycles. The fraction of sp³-hybridized carbons (Fsp3) is 0.556. The lowest BCUT2D eigenvalue weighted by molar-refractivity contribution is 0.229. The standard InChI is InChI=1S/C9H16N4O2/c1-2-11-7-6-8(13-9(10)12-7)15-5-3-4-14/h6,14H,2-5H2,1H3,(H3,10,11,12,13). The third-order valence-electron chi connectivity index (χ3n) is 1.63. The van der Waals surface area contributed by atoms with Crippen LogP contribution in [0.3, 0.4) is 0 Å². The summed E-state index contributed by atoms with van der Waals surface area (Å²) in [6.07, 6.45) is 0.570. The van der Waals surface area contributed by atoms with Gasteiger partial charge in [0.2, 0.25) is 11.8 Å². The van der Waals surface area contributed by atoms with Crippen molar-refractivity contribution < 1.29 is 9.84 Å². The highest BCUT2D eigenvalue weighted by molar-refractivity contribution is 5.42. The van der Waals surface area contributed by atoms with Gasteiger partial charge in [0.1, 0.15) is 5.82 Å². The summed E-state index contributed by atoms with van der Waals surface area (Å²) < 4.78 is 5.28. The molecule has 0 spiro atoms. The molecule has 0 unspecified atom stereocenters. The van der Waals surface area contributed by atoms with Gasteiger partial charge in [0.05, 0.1) is 6.61 Å². The van der Waals surface area contributed by atoms with Gasteiger partial charge in [-0.15, -0.1) is 0 Å². The van der Waals surface area contributed by atoms with Crippen LogP contribution >= 0.6 is 0 Å². The van der Waals surface area contributed by atoms with E-state index in [0.717, 1.165) is 6.54 Å². The molecule has 0 atom stereocenters. The zero-order chi connectivity index (χ0) is 11.1. The lowest BCUT2D eigenvalue weighted by Crippen LogP contribution is -2.07. The molecule has 0 bridgehead atoms. The van der Waals surface area contributed by atoms with Gasteiger partial charge in [-0.25, -0.2) is 0 Å². The number of nitrogens with one attached hydrogen (secondary N) is 1. The first-order valence-electron chi connectivity index (χ1n) is 4.88. The van der Waals surface area contributed by atoms with Crippen molar-refractivity contribution in [3.63, 3.8) is 0 Å². The molecule has 15 heavy (non-hydrogen) atoms. The first kappa shape index (κ1) is 11.5. The summed E-state index contributed by atoms with van der Waals surface area (Å²) >= 11 is 0. The Kier molecular flexibility index (Phi) is 4.62. The van der Waals surface area contributed by atoms with E-state index in [4.69, 9.17) is 15.6 Å². The second kappa shape index (κ2) is 6.02. The van der Waals surface area contributed by atoms with Crippen LogP contribution in [-0.4, -0.2) is 34.8 Å². The van der Waals surface area contributed by atoms with E-state index < -0.39 is 0 Å². The quantitative estimate of drug-likeness (QED) is 0.585. The highest BCUT2D eigenvalue weighted by Gasteiger charge is 2.02. The molecule has 6 heteroatoms. The number of anilines is 2. The molecule has 0 radical (unpaired) electrons. The molecule has 0 aromatic carbocycles. The third-order valence-corrected chi connectivity index (χ3v) is 1.63. The normalized spacial score (nSPS) is 10.0. The first-order valence-corrected chi connectivity index (χ1v) is 4.88. The van der Waals surface area contributed by atoms with Gasteiger partial charge in [-0.05, 0) is 6.92 Å². The first-order chi connectivity index (χ1) is 7.26. The molecule has 1 rings (SSSR count). The van der Waals surface area contributed by atoms with Crippen molar-refractivity contribution in [2.24, 2.45) is 0 Å². The maximum atomic E-state index is 8.59. The van der Waals surface area contributed by atoms with Gasteiger partial charge in [0.25, 0.3) is 0 Å². The number of aliphatic hydroxyl groups is 1. The fourth-order valence-electron chi connectivity index (χ4n) is 1.03. The van der Waals surface area contributed by atoms with Crippen LogP contribution in [0.4, 0.5) is 11.8 Å². The van der Waals surface area contributed by atoms with Gasteiger partial charge >= 0.3 is 0 Å². The fourth-order valence-corrected chi connectivity index (χ4v) is 1.03. The number of rotatable bonds is 6. The van der Waals surface area contributed by atoms with Crippen molar-refractivity contribution in [1.82, 2.24) is 9.97 Å². The molecular weight excluding hydrogens is 196 g/mol. The van der Waals surface area contributed by atoms with E-state index in [1.54, 1.807) is 6.07 Å².